The minimum Gasteiger partial charge on any atom is -0.383 e. The molecule has 1 aliphatic carbocycles. The number of nitrogen functional groups attached to an aromatic ring is 1. The highest BCUT2D eigenvalue weighted by atomic mass is 19.2. The van der Waals surface area contributed by atoms with Crippen LogP contribution < -0.4 is 11.1 Å². The lowest BCUT2D eigenvalue weighted by Crippen LogP contribution is -2.17. The second-order valence-electron chi connectivity index (χ2n) is 6.33. The first kappa shape index (κ1) is 15.7. The minimum absolute atomic E-state index is 0.0431. The molecule has 4 rings (SSSR count). The van der Waals surface area contributed by atoms with Crippen LogP contribution in [0.3, 0.4) is 0 Å². The number of nitrogens with two attached hydrogens (primary N) is 1. The van der Waals surface area contributed by atoms with E-state index in [4.69, 9.17) is 5.73 Å². The Bertz CT molecular complexity index is 946. The van der Waals surface area contributed by atoms with Crippen LogP contribution in [0.5, 0.6) is 0 Å². The van der Waals surface area contributed by atoms with Crippen molar-refractivity contribution in [3.63, 3.8) is 0 Å². The molecule has 1 aromatic carbocycles. The summed E-state index contributed by atoms with van der Waals surface area (Å²) in [6.07, 6.45) is 4.38. The van der Waals surface area contributed by atoms with Gasteiger partial charge in [-0.2, -0.15) is 10.1 Å². The zero-order chi connectivity index (χ0) is 17.6. The van der Waals surface area contributed by atoms with Gasteiger partial charge in [0.25, 0.3) is 0 Å². The molecule has 0 spiro atoms. The molecule has 2 heterocycles. The first-order valence-electron chi connectivity index (χ1n) is 8.25. The maximum Gasteiger partial charge on any atom is 0.225 e. The van der Waals surface area contributed by atoms with Crippen molar-refractivity contribution >= 4 is 22.8 Å². The molecule has 0 bridgehead atoms. The summed E-state index contributed by atoms with van der Waals surface area (Å²) >= 11 is 0. The van der Waals surface area contributed by atoms with Crippen LogP contribution in [0, 0.1) is 11.6 Å². The number of hydrogen-bond acceptors (Lipinski definition) is 5. The van der Waals surface area contributed by atoms with E-state index < -0.39 is 11.6 Å². The molecule has 1 fully saturated rings. The molecule has 0 atom stereocenters. The standard InChI is InChI=1S/C17H18F2N6/c1-25-15(20)12-14(10-7-4-8-11(18)13(10)19)22-17(23-16(12)24-25)21-9-5-2-3-6-9/h4,7-9H,2-3,5-6,20H2,1H3,(H,21,23,24). The predicted molar refractivity (Wildman–Crippen MR) is 91.9 cm³/mol. The molecule has 1 saturated carbocycles. The quantitative estimate of drug-likeness (QED) is 0.762. The minimum atomic E-state index is -0.961. The highest BCUT2D eigenvalue weighted by Crippen LogP contribution is 2.33. The molecule has 3 N–H and O–H groups in total. The van der Waals surface area contributed by atoms with Gasteiger partial charge < -0.3 is 11.1 Å². The monoisotopic (exact) mass is 344 g/mol. The highest BCUT2D eigenvalue weighted by Gasteiger charge is 2.22. The number of anilines is 2. The van der Waals surface area contributed by atoms with Crippen LogP contribution in [-0.2, 0) is 7.05 Å². The molecular weight excluding hydrogens is 326 g/mol. The molecule has 130 valence electrons. The fraction of sp³-hybridized carbons (Fsp3) is 0.353. The zero-order valence-electron chi connectivity index (χ0n) is 13.8. The Balaban J connectivity index is 1.92. The summed E-state index contributed by atoms with van der Waals surface area (Å²) in [4.78, 5) is 8.86. The van der Waals surface area contributed by atoms with Gasteiger partial charge in [-0.15, -0.1) is 0 Å². The lowest BCUT2D eigenvalue weighted by molar-refractivity contribution is 0.511. The number of nitrogens with one attached hydrogen (secondary N) is 1. The number of aryl methyl sites for hydroxylation is 1. The van der Waals surface area contributed by atoms with Crippen molar-refractivity contribution in [1.29, 1.82) is 0 Å². The smallest absolute Gasteiger partial charge is 0.225 e. The Kier molecular flexibility index (Phi) is 3.74. The Morgan fingerprint density at radius 3 is 2.72 bits per heavy atom. The number of fused-ring (bicyclic) bond motifs is 1. The van der Waals surface area contributed by atoms with Gasteiger partial charge in [-0.05, 0) is 25.0 Å². The Morgan fingerprint density at radius 2 is 1.96 bits per heavy atom. The molecule has 3 aromatic rings. The van der Waals surface area contributed by atoms with E-state index in [1.807, 2.05) is 0 Å². The van der Waals surface area contributed by atoms with Crippen LogP contribution in [-0.4, -0.2) is 25.8 Å². The van der Waals surface area contributed by atoms with Gasteiger partial charge in [-0.1, -0.05) is 18.9 Å². The van der Waals surface area contributed by atoms with Gasteiger partial charge in [0, 0.05) is 18.7 Å². The van der Waals surface area contributed by atoms with Crippen LogP contribution in [0.2, 0.25) is 0 Å². The lowest BCUT2D eigenvalue weighted by Gasteiger charge is -2.13. The van der Waals surface area contributed by atoms with Crippen LogP contribution in [0.25, 0.3) is 22.3 Å². The van der Waals surface area contributed by atoms with E-state index in [0.717, 1.165) is 31.7 Å². The molecule has 0 saturated heterocycles. The van der Waals surface area contributed by atoms with Crippen LogP contribution in [0.15, 0.2) is 18.2 Å². The largest absolute Gasteiger partial charge is 0.383 e. The summed E-state index contributed by atoms with van der Waals surface area (Å²) in [5, 5.41) is 7.97. The van der Waals surface area contributed by atoms with Gasteiger partial charge in [0.1, 0.15) is 5.82 Å². The summed E-state index contributed by atoms with van der Waals surface area (Å²) in [7, 11) is 1.67. The van der Waals surface area contributed by atoms with Crippen LogP contribution in [0.1, 0.15) is 25.7 Å². The van der Waals surface area contributed by atoms with E-state index >= 15 is 0 Å². The van der Waals surface area contributed by atoms with Crippen molar-refractivity contribution in [2.75, 3.05) is 11.1 Å². The maximum absolute atomic E-state index is 14.4. The average molecular weight is 344 g/mol. The van der Waals surface area contributed by atoms with E-state index in [2.05, 4.69) is 20.4 Å². The van der Waals surface area contributed by atoms with E-state index in [-0.39, 0.29) is 17.3 Å². The molecule has 25 heavy (non-hydrogen) atoms. The van der Waals surface area contributed by atoms with Crippen molar-refractivity contribution < 1.29 is 8.78 Å². The van der Waals surface area contributed by atoms with Crippen molar-refractivity contribution in [3.8, 4) is 11.3 Å². The molecule has 0 unspecified atom stereocenters. The predicted octanol–water partition coefficient (Wildman–Crippen LogP) is 3.25. The SMILES string of the molecule is Cn1nc2nc(NC3CCCC3)nc(-c3cccc(F)c3F)c2c1N. The van der Waals surface area contributed by atoms with Crippen molar-refractivity contribution in [2.45, 2.75) is 31.7 Å². The van der Waals surface area contributed by atoms with Gasteiger partial charge in [0.15, 0.2) is 17.3 Å². The molecule has 2 aromatic heterocycles. The van der Waals surface area contributed by atoms with Crippen molar-refractivity contribution in [1.82, 2.24) is 19.7 Å². The second-order valence-corrected chi connectivity index (χ2v) is 6.33. The Hall–Kier alpha value is -2.77. The van der Waals surface area contributed by atoms with Gasteiger partial charge in [-0.25, -0.2) is 13.8 Å². The van der Waals surface area contributed by atoms with Gasteiger partial charge in [0.05, 0.1) is 11.1 Å². The van der Waals surface area contributed by atoms with Crippen LogP contribution in [0.4, 0.5) is 20.5 Å². The van der Waals surface area contributed by atoms with E-state index in [1.165, 1.54) is 16.8 Å². The fourth-order valence-electron chi connectivity index (χ4n) is 3.31. The Morgan fingerprint density at radius 1 is 1.20 bits per heavy atom. The highest BCUT2D eigenvalue weighted by molar-refractivity contribution is 5.99. The number of hydrogen-bond donors (Lipinski definition) is 2. The first-order valence-corrected chi connectivity index (χ1v) is 8.25. The number of rotatable bonds is 3. The van der Waals surface area contributed by atoms with E-state index in [1.54, 1.807) is 7.05 Å². The van der Waals surface area contributed by atoms with E-state index in [0.29, 0.717) is 22.8 Å². The summed E-state index contributed by atoms with van der Waals surface area (Å²) < 4.78 is 29.5. The van der Waals surface area contributed by atoms with Gasteiger partial charge in [-0.3, -0.25) is 4.68 Å². The summed E-state index contributed by atoms with van der Waals surface area (Å²) in [5.41, 5.74) is 6.70. The summed E-state index contributed by atoms with van der Waals surface area (Å²) in [6.45, 7) is 0. The number of aromatic nitrogens is 4. The first-order chi connectivity index (χ1) is 12.0. The van der Waals surface area contributed by atoms with Crippen molar-refractivity contribution in [2.24, 2.45) is 7.05 Å². The summed E-state index contributed by atoms with van der Waals surface area (Å²) in [5.74, 6) is -1.23. The van der Waals surface area contributed by atoms with E-state index in [9.17, 15) is 8.78 Å². The molecule has 1 aliphatic rings. The third kappa shape index (κ3) is 2.67. The third-order valence-corrected chi connectivity index (χ3v) is 4.63. The maximum atomic E-state index is 14.4. The normalized spacial score (nSPS) is 15.2. The Labute approximate surface area is 143 Å². The molecule has 8 heteroatoms. The van der Waals surface area contributed by atoms with Gasteiger partial charge >= 0.3 is 0 Å². The van der Waals surface area contributed by atoms with Crippen molar-refractivity contribution in [3.05, 3.63) is 29.8 Å². The number of benzene rings is 1. The summed E-state index contributed by atoms with van der Waals surface area (Å²) in [6, 6.07) is 4.27. The average Bonchev–Trinajstić information content (AvgIpc) is 3.18. The molecule has 0 amide bonds. The van der Waals surface area contributed by atoms with Crippen LogP contribution >= 0.6 is 0 Å². The molecule has 0 aliphatic heterocycles. The number of halogens is 2. The van der Waals surface area contributed by atoms with Gasteiger partial charge in [0.2, 0.25) is 5.95 Å². The number of nitrogens with zero attached hydrogens (tertiary/aromatic N) is 4. The topological polar surface area (TPSA) is 81.7 Å². The third-order valence-electron chi connectivity index (χ3n) is 4.63. The molecule has 0 radical (unpaired) electrons. The molecular formula is C17H18F2N6. The second kappa shape index (κ2) is 5.94. The fourth-order valence-corrected chi connectivity index (χ4v) is 3.31. The zero-order valence-corrected chi connectivity index (χ0v) is 13.8. The lowest BCUT2D eigenvalue weighted by atomic mass is 10.1. The molecule has 6 nitrogen and oxygen atoms in total.